The highest BCUT2D eigenvalue weighted by atomic mass is 35.5. The van der Waals surface area contributed by atoms with Crippen LogP contribution in [0.15, 0.2) is 24.4 Å². The number of halogens is 1. The number of pyridine rings is 2. The highest BCUT2D eigenvalue weighted by molar-refractivity contribution is 6.39. The molecule has 0 aliphatic heterocycles. The van der Waals surface area contributed by atoms with Gasteiger partial charge in [0.25, 0.3) is 0 Å². The number of nitrogens with zero attached hydrogens (tertiary/aromatic N) is 2. The van der Waals surface area contributed by atoms with Crippen molar-refractivity contribution in [2.75, 3.05) is 11.9 Å². The number of carbonyl (C=O) groups excluding carboxylic acids is 1. The molecule has 0 bridgehead atoms. The zero-order valence-corrected chi connectivity index (χ0v) is 14.5. The molecular formula is C17H19ClN4O2. The van der Waals surface area contributed by atoms with Crippen molar-refractivity contribution >= 4 is 29.3 Å². The number of ether oxygens (including phenoxy) is 1. The second-order valence-corrected chi connectivity index (χ2v) is 5.74. The standard InChI is InChI=1S/C17H19ClN4O2/c1-4-24-17-11(6-5-7-20-17)14-8-12(18)15(21-10(2)3)16(22-14)13(19)9-23/h5-10,19,21H,4H2,1-3H3. The van der Waals surface area contributed by atoms with Crippen LogP contribution in [-0.2, 0) is 4.79 Å². The predicted octanol–water partition coefficient (Wildman–Crippen LogP) is 3.58. The van der Waals surface area contributed by atoms with Crippen LogP contribution in [0.5, 0.6) is 5.88 Å². The smallest absolute Gasteiger partial charge is 0.222 e. The molecule has 2 N–H and O–H groups in total. The normalized spacial score (nSPS) is 10.5. The molecule has 0 saturated heterocycles. The fourth-order valence-corrected chi connectivity index (χ4v) is 2.41. The molecule has 0 radical (unpaired) electrons. The molecule has 0 spiro atoms. The molecule has 6 nitrogen and oxygen atoms in total. The topological polar surface area (TPSA) is 88.0 Å². The average molecular weight is 347 g/mol. The summed E-state index contributed by atoms with van der Waals surface area (Å²) in [6.45, 7) is 6.20. The molecule has 2 aromatic rings. The van der Waals surface area contributed by atoms with Crippen molar-refractivity contribution in [1.29, 1.82) is 5.41 Å². The first kappa shape index (κ1) is 17.9. The van der Waals surface area contributed by atoms with Crippen LogP contribution >= 0.6 is 11.6 Å². The maximum atomic E-state index is 11.1. The molecule has 24 heavy (non-hydrogen) atoms. The van der Waals surface area contributed by atoms with E-state index in [2.05, 4.69) is 15.3 Å². The number of aromatic nitrogens is 2. The molecule has 0 amide bonds. The summed E-state index contributed by atoms with van der Waals surface area (Å²) in [5.41, 5.74) is 1.57. The van der Waals surface area contributed by atoms with Gasteiger partial charge in [-0.2, -0.15) is 0 Å². The Balaban J connectivity index is 2.63. The minimum atomic E-state index is -0.247. The largest absolute Gasteiger partial charge is 0.477 e. The number of carbonyl (C=O) groups is 1. The highest BCUT2D eigenvalue weighted by Gasteiger charge is 2.18. The molecular weight excluding hydrogens is 328 g/mol. The average Bonchev–Trinajstić information content (AvgIpc) is 2.56. The van der Waals surface area contributed by atoms with Crippen molar-refractivity contribution in [2.45, 2.75) is 26.8 Å². The van der Waals surface area contributed by atoms with Crippen LogP contribution in [0.2, 0.25) is 5.02 Å². The summed E-state index contributed by atoms with van der Waals surface area (Å²) in [7, 11) is 0. The van der Waals surface area contributed by atoms with Gasteiger partial charge in [-0.1, -0.05) is 11.6 Å². The van der Waals surface area contributed by atoms with Gasteiger partial charge in [-0.05, 0) is 39.0 Å². The fraction of sp³-hybridized carbons (Fsp3) is 0.294. The van der Waals surface area contributed by atoms with E-state index < -0.39 is 0 Å². The van der Waals surface area contributed by atoms with Gasteiger partial charge >= 0.3 is 0 Å². The first-order valence-electron chi connectivity index (χ1n) is 7.57. The van der Waals surface area contributed by atoms with Crippen molar-refractivity contribution < 1.29 is 9.53 Å². The first-order chi connectivity index (χ1) is 11.5. The fourth-order valence-electron chi connectivity index (χ4n) is 2.17. The number of rotatable bonds is 7. The monoisotopic (exact) mass is 346 g/mol. The Morgan fingerprint density at radius 1 is 1.50 bits per heavy atom. The van der Waals surface area contributed by atoms with E-state index in [9.17, 15) is 4.79 Å². The van der Waals surface area contributed by atoms with Crippen LogP contribution in [0, 0.1) is 5.41 Å². The molecule has 0 aliphatic carbocycles. The minimum absolute atomic E-state index is 0.0747. The van der Waals surface area contributed by atoms with E-state index in [4.69, 9.17) is 21.7 Å². The van der Waals surface area contributed by atoms with Gasteiger partial charge in [-0.25, -0.2) is 9.97 Å². The molecule has 2 heterocycles. The van der Waals surface area contributed by atoms with Crippen LogP contribution < -0.4 is 10.1 Å². The van der Waals surface area contributed by atoms with Gasteiger partial charge in [0.05, 0.1) is 28.6 Å². The van der Waals surface area contributed by atoms with E-state index in [0.717, 1.165) is 0 Å². The second-order valence-electron chi connectivity index (χ2n) is 5.33. The van der Waals surface area contributed by atoms with Crippen LogP contribution in [0.1, 0.15) is 26.5 Å². The molecule has 0 atom stereocenters. The molecule has 126 valence electrons. The number of hydrogen-bond donors (Lipinski definition) is 2. The quantitative estimate of drug-likeness (QED) is 0.591. The van der Waals surface area contributed by atoms with Gasteiger partial charge in [0, 0.05) is 12.2 Å². The molecule has 0 aliphatic rings. The summed E-state index contributed by atoms with van der Waals surface area (Å²) in [5, 5.41) is 11.4. The third kappa shape index (κ3) is 3.89. The van der Waals surface area contributed by atoms with E-state index in [1.165, 1.54) is 0 Å². The summed E-state index contributed by atoms with van der Waals surface area (Å²) in [6, 6.07) is 5.32. The lowest BCUT2D eigenvalue weighted by molar-refractivity contribution is -0.102. The van der Waals surface area contributed by atoms with Gasteiger partial charge in [0.15, 0.2) is 6.29 Å². The van der Waals surface area contributed by atoms with E-state index in [1.54, 1.807) is 24.4 Å². The Kier molecular flexibility index (Phi) is 5.87. The Labute approximate surface area is 145 Å². The Bertz CT molecular complexity index is 762. The number of aldehydes is 1. The van der Waals surface area contributed by atoms with Crippen molar-refractivity contribution in [3.63, 3.8) is 0 Å². The molecule has 0 saturated carbocycles. The third-order valence-corrected chi connectivity index (χ3v) is 3.40. The molecule has 0 fully saturated rings. The van der Waals surface area contributed by atoms with Gasteiger partial charge in [-0.3, -0.25) is 10.2 Å². The lowest BCUT2D eigenvalue weighted by atomic mass is 10.1. The molecule has 0 unspecified atom stereocenters. The van der Waals surface area contributed by atoms with Gasteiger partial charge < -0.3 is 10.1 Å². The van der Waals surface area contributed by atoms with Crippen LogP contribution in [-0.4, -0.2) is 34.6 Å². The van der Waals surface area contributed by atoms with E-state index in [0.29, 0.717) is 40.7 Å². The number of anilines is 1. The molecule has 2 aromatic heterocycles. The van der Waals surface area contributed by atoms with Gasteiger partial charge in [0.1, 0.15) is 11.4 Å². The second kappa shape index (κ2) is 7.88. The highest BCUT2D eigenvalue weighted by Crippen LogP contribution is 2.33. The predicted molar refractivity (Wildman–Crippen MR) is 95.3 cm³/mol. The van der Waals surface area contributed by atoms with Crippen LogP contribution in [0.3, 0.4) is 0 Å². The first-order valence-corrected chi connectivity index (χ1v) is 7.95. The van der Waals surface area contributed by atoms with Crippen molar-refractivity contribution in [3.05, 3.63) is 35.1 Å². The van der Waals surface area contributed by atoms with Crippen molar-refractivity contribution in [1.82, 2.24) is 9.97 Å². The summed E-state index contributed by atoms with van der Waals surface area (Å²) in [5.74, 6) is 0.428. The number of hydrogen-bond acceptors (Lipinski definition) is 6. The Hall–Kier alpha value is -2.47. The Morgan fingerprint density at radius 3 is 2.88 bits per heavy atom. The van der Waals surface area contributed by atoms with Crippen LogP contribution in [0.4, 0.5) is 5.69 Å². The van der Waals surface area contributed by atoms with E-state index >= 15 is 0 Å². The summed E-state index contributed by atoms with van der Waals surface area (Å²) < 4.78 is 5.52. The number of nitrogens with one attached hydrogen (secondary N) is 2. The van der Waals surface area contributed by atoms with Crippen molar-refractivity contribution in [3.8, 4) is 17.1 Å². The molecule has 0 aromatic carbocycles. The van der Waals surface area contributed by atoms with Gasteiger partial charge in [0.2, 0.25) is 5.88 Å². The molecule has 2 rings (SSSR count). The van der Waals surface area contributed by atoms with Crippen molar-refractivity contribution in [2.24, 2.45) is 0 Å². The third-order valence-electron chi connectivity index (χ3n) is 3.11. The lowest BCUT2D eigenvalue weighted by Crippen LogP contribution is -2.16. The van der Waals surface area contributed by atoms with E-state index in [-0.39, 0.29) is 17.4 Å². The zero-order valence-electron chi connectivity index (χ0n) is 13.8. The maximum Gasteiger partial charge on any atom is 0.222 e. The Morgan fingerprint density at radius 2 is 2.25 bits per heavy atom. The molecule has 7 heteroatoms. The van der Waals surface area contributed by atoms with Gasteiger partial charge in [-0.15, -0.1) is 0 Å². The maximum absolute atomic E-state index is 11.1. The minimum Gasteiger partial charge on any atom is -0.477 e. The van der Waals surface area contributed by atoms with Crippen LogP contribution in [0.25, 0.3) is 11.3 Å². The summed E-state index contributed by atoms with van der Waals surface area (Å²) in [4.78, 5) is 19.7. The SMILES string of the molecule is CCOc1ncccc1-c1cc(Cl)c(NC(C)C)c(C(=N)C=O)n1. The van der Waals surface area contributed by atoms with E-state index in [1.807, 2.05) is 20.8 Å². The lowest BCUT2D eigenvalue weighted by Gasteiger charge is -2.17. The zero-order chi connectivity index (χ0) is 17.7. The summed E-state index contributed by atoms with van der Waals surface area (Å²) >= 11 is 6.38. The summed E-state index contributed by atoms with van der Waals surface area (Å²) in [6.07, 6.45) is 2.07.